The lowest BCUT2D eigenvalue weighted by molar-refractivity contribution is -0.143. The molecule has 222 valence electrons. The zero-order valence-corrected chi connectivity index (χ0v) is 27.6. The summed E-state index contributed by atoms with van der Waals surface area (Å²) >= 11 is 17.4. The van der Waals surface area contributed by atoms with Crippen molar-refractivity contribution >= 4 is 62.5 Å². The first-order chi connectivity index (χ1) is 20.6. The summed E-state index contributed by atoms with van der Waals surface area (Å²) in [4.78, 5) is 32.7. The van der Waals surface area contributed by atoms with Gasteiger partial charge in [0.25, 0.3) is 5.56 Å². The number of ether oxygens (including phenoxy) is 3. The van der Waals surface area contributed by atoms with E-state index >= 15 is 0 Å². The molecule has 0 N–H and O–H groups in total. The third-order valence-corrected chi connectivity index (χ3v) is 8.75. The molecule has 0 fully saturated rings. The Bertz CT molecular complexity index is 1930. The number of halogens is 3. The number of carbonyl (C=O) groups excluding carboxylic acids is 1. The molecule has 0 spiro atoms. The number of rotatable bonds is 8. The van der Waals surface area contributed by atoms with E-state index in [2.05, 4.69) is 20.9 Å². The third-order valence-electron chi connectivity index (χ3n) is 6.67. The first-order valence-electron chi connectivity index (χ1n) is 13.3. The number of fused-ring (bicyclic) bond motifs is 1. The highest BCUT2D eigenvalue weighted by molar-refractivity contribution is 9.10. The molecular formula is C32H27BrCl2N2O5S. The summed E-state index contributed by atoms with van der Waals surface area (Å²) in [5.74, 6) is 0.484. The molecule has 0 saturated carbocycles. The Morgan fingerprint density at radius 2 is 1.86 bits per heavy atom. The second-order valence-corrected chi connectivity index (χ2v) is 12.8. The molecule has 0 unspecified atom stereocenters. The largest absolute Gasteiger partial charge is 0.496 e. The van der Waals surface area contributed by atoms with E-state index in [9.17, 15) is 9.59 Å². The van der Waals surface area contributed by atoms with E-state index in [1.54, 1.807) is 64.3 Å². The van der Waals surface area contributed by atoms with E-state index in [0.29, 0.717) is 47.7 Å². The van der Waals surface area contributed by atoms with Gasteiger partial charge in [-0.2, -0.15) is 0 Å². The van der Waals surface area contributed by atoms with Crippen molar-refractivity contribution in [3.05, 3.63) is 123 Å². The SMILES string of the molecule is COc1ccc(Br)cc1[C@H]1C(C(=O)OC(C)C)=C(C)N=c2s/c(=C\c3cc(Cl)ccc3OCc3ccccc3Cl)c(=O)n21. The van der Waals surface area contributed by atoms with Crippen LogP contribution in [0.4, 0.5) is 0 Å². The lowest BCUT2D eigenvalue weighted by Gasteiger charge is -2.26. The summed E-state index contributed by atoms with van der Waals surface area (Å²) in [7, 11) is 1.54. The molecule has 1 aliphatic heterocycles. The maximum atomic E-state index is 14.2. The molecule has 1 atom stereocenters. The Hall–Kier alpha value is -3.37. The minimum absolute atomic E-state index is 0.229. The lowest BCUT2D eigenvalue weighted by Crippen LogP contribution is -2.40. The quantitative estimate of drug-likeness (QED) is 0.188. The Morgan fingerprint density at radius 3 is 2.58 bits per heavy atom. The van der Waals surface area contributed by atoms with Crippen molar-refractivity contribution in [1.29, 1.82) is 0 Å². The molecule has 2 heterocycles. The summed E-state index contributed by atoms with van der Waals surface area (Å²) in [5, 5.41) is 1.08. The van der Waals surface area contributed by atoms with Gasteiger partial charge in [-0.15, -0.1) is 0 Å². The van der Waals surface area contributed by atoms with Crippen LogP contribution in [0, 0.1) is 0 Å². The fourth-order valence-corrected chi connectivity index (χ4v) is 6.54. The Kier molecular flexibility index (Phi) is 9.46. The Labute approximate surface area is 270 Å². The molecule has 1 aliphatic rings. The number of thiazole rings is 1. The van der Waals surface area contributed by atoms with Gasteiger partial charge in [-0.3, -0.25) is 9.36 Å². The highest BCUT2D eigenvalue weighted by Crippen LogP contribution is 2.37. The number of methoxy groups -OCH3 is 1. The highest BCUT2D eigenvalue weighted by atomic mass is 79.9. The Balaban J connectivity index is 1.67. The number of hydrogen-bond acceptors (Lipinski definition) is 7. The maximum Gasteiger partial charge on any atom is 0.338 e. The van der Waals surface area contributed by atoms with Crippen LogP contribution in [0.3, 0.4) is 0 Å². The molecular weight excluding hydrogens is 675 g/mol. The van der Waals surface area contributed by atoms with E-state index in [0.717, 1.165) is 10.0 Å². The number of hydrogen-bond donors (Lipinski definition) is 0. The van der Waals surface area contributed by atoms with Crippen LogP contribution in [0.25, 0.3) is 6.08 Å². The average Bonchev–Trinajstić information content (AvgIpc) is 3.26. The summed E-state index contributed by atoms with van der Waals surface area (Å²) in [5.41, 5.74) is 2.42. The second kappa shape index (κ2) is 13.1. The molecule has 3 aromatic carbocycles. The van der Waals surface area contributed by atoms with Crippen LogP contribution in [-0.4, -0.2) is 23.8 Å². The van der Waals surface area contributed by atoms with Crippen molar-refractivity contribution in [2.75, 3.05) is 7.11 Å². The van der Waals surface area contributed by atoms with Gasteiger partial charge in [0.15, 0.2) is 4.80 Å². The summed E-state index contributed by atoms with van der Waals surface area (Å²) in [6.45, 7) is 5.51. The van der Waals surface area contributed by atoms with Crippen LogP contribution >= 0.6 is 50.5 Å². The number of carbonyl (C=O) groups is 1. The van der Waals surface area contributed by atoms with Crippen molar-refractivity contribution in [1.82, 2.24) is 4.57 Å². The van der Waals surface area contributed by atoms with Gasteiger partial charge in [0, 0.05) is 31.2 Å². The second-order valence-electron chi connectivity index (χ2n) is 9.98. The van der Waals surface area contributed by atoms with E-state index in [1.807, 2.05) is 30.3 Å². The monoisotopic (exact) mass is 700 g/mol. The number of esters is 1. The molecule has 0 bridgehead atoms. The molecule has 7 nitrogen and oxygen atoms in total. The van der Waals surface area contributed by atoms with Gasteiger partial charge in [-0.1, -0.05) is 68.7 Å². The van der Waals surface area contributed by atoms with Gasteiger partial charge >= 0.3 is 5.97 Å². The number of nitrogens with zero attached hydrogens (tertiary/aromatic N) is 2. The van der Waals surface area contributed by atoms with Gasteiger partial charge in [0.05, 0.1) is 29.0 Å². The van der Waals surface area contributed by atoms with E-state index in [1.165, 1.54) is 15.9 Å². The van der Waals surface area contributed by atoms with Crippen molar-refractivity contribution in [2.24, 2.45) is 4.99 Å². The van der Waals surface area contributed by atoms with Gasteiger partial charge in [-0.05, 0) is 69.3 Å². The van der Waals surface area contributed by atoms with E-state index in [4.69, 9.17) is 37.4 Å². The number of aromatic nitrogens is 1. The van der Waals surface area contributed by atoms with Crippen LogP contribution in [0.5, 0.6) is 11.5 Å². The van der Waals surface area contributed by atoms with Crippen molar-refractivity contribution in [3.8, 4) is 11.5 Å². The number of allylic oxidation sites excluding steroid dienone is 1. The third kappa shape index (κ3) is 6.60. The predicted molar refractivity (Wildman–Crippen MR) is 173 cm³/mol. The molecule has 43 heavy (non-hydrogen) atoms. The minimum atomic E-state index is -0.840. The van der Waals surface area contributed by atoms with Crippen molar-refractivity contribution in [2.45, 2.75) is 39.5 Å². The van der Waals surface area contributed by atoms with Crippen LogP contribution in [-0.2, 0) is 16.1 Å². The fourth-order valence-electron chi connectivity index (χ4n) is 4.75. The normalized spacial score (nSPS) is 14.9. The zero-order valence-electron chi connectivity index (χ0n) is 23.7. The van der Waals surface area contributed by atoms with Gasteiger partial charge in [-0.25, -0.2) is 9.79 Å². The van der Waals surface area contributed by atoms with E-state index < -0.39 is 12.0 Å². The standard InChI is InChI=1S/C32H27BrCl2N2O5S/c1-17(2)42-31(39)28-18(3)36-32-37(29(28)23-15-21(33)9-11-26(23)40-4)30(38)27(43-32)14-20-13-22(34)10-12-25(20)41-16-19-7-5-6-8-24(19)35/h5-15,17,29H,16H2,1-4H3/b27-14-/t29-/m0/s1. The van der Waals surface area contributed by atoms with Gasteiger partial charge < -0.3 is 14.2 Å². The Morgan fingerprint density at radius 1 is 1.12 bits per heavy atom. The highest BCUT2D eigenvalue weighted by Gasteiger charge is 2.35. The zero-order chi connectivity index (χ0) is 30.8. The molecule has 0 aliphatic carbocycles. The lowest BCUT2D eigenvalue weighted by atomic mass is 9.95. The molecule has 1 aromatic heterocycles. The molecule has 5 rings (SSSR count). The topological polar surface area (TPSA) is 79.1 Å². The smallest absolute Gasteiger partial charge is 0.338 e. The average molecular weight is 702 g/mol. The fraction of sp³-hybridized carbons (Fsp3) is 0.219. The van der Waals surface area contributed by atoms with Gasteiger partial charge in [0.1, 0.15) is 24.1 Å². The predicted octanol–water partition coefficient (Wildman–Crippen LogP) is 6.84. The van der Waals surface area contributed by atoms with Crippen LogP contribution in [0.1, 0.15) is 43.5 Å². The molecule has 0 amide bonds. The minimum Gasteiger partial charge on any atom is -0.496 e. The summed E-state index contributed by atoms with van der Waals surface area (Å²) < 4.78 is 20.0. The van der Waals surface area contributed by atoms with Gasteiger partial charge in [0.2, 0.25) is 0 Å². The molecule has 4 aromatic rings. The van der Waals surface area contributed by atoms with Crippen molar-refractivity contribution in [3.63, 3.8) is 0 Å². The first-order valence-corrected chi connectivity index (χ1v) is 15.7. The van der Waals surface area contributed by atoms with Crippen LogP contribution < -0.4 is 24.4 Å². The first kappa shape index (κ1) is 31.1. The molecule has 11 heteroatoms. The van der Waals surface area contributed by atoms with Crippen LogP contribution in [0.15, 0.2) is 86.2 Å². The molecule has 0 saturated heterocycles. The molecule has 0 radical (unpaired) electrons. The van der Waals surface area contributed by atoms with Crippen molar-refractivity contribution < 1.29 is 19.0 Å². The number of benzene rings is 3. The summed E-state index contributed by atoms with van der Waals surface area (Å²) in [6.07, 6.45) is 1.35. The summed E-state index contributed by atoms with van der Waals surface area (Å²) in [6, 6.07) is 17.2. The van der Waals surface area contributed by atoms with E-state index in [-0.39, 0.29) is 23.8 Å². The van der Waals surface area contributed by atoms with Crippen LogP contribution in [0.2, 0.25) is 10.0 Å². The maximum absolute atomic E-state index is 14.2.